The molecular formula is C15H12O2. The number of aldehydes is 1. The van der Waals surface area contributed by atoms with Gasteiger partial charge in [0.25, 0.3) is 0 Å². The van der Waals surface area contributed by atoms with Crippen molar-refractivity contribution in [2.75, 3.05) is 0 Å². The molecule has 0 amide bonds. The topological polar surface area (TPSA) is 30.2 Å². The van der Waals surface area contributed by atoms with Gasteiger partial charge < -0.3 is 4.42 Å². The average Bonchev–Trinajstić information content (AvgIpc) is 2.62. The van der Waals surface area contributed by atoms with Crippen LogP contribution in [0.1, 0.15) is 21.7 Å². The standard InChI is InChI=1S/C15H12O2/c1-9-7-10(2)17-15-13(8-16)11-5-3-4-6-12(11)14(9)15/h3-8H,1-2H3. The van der Waals surface area contributed by atoms with Crippen LogP contribution in [-0.4, -0.2) is 6.29 Å². The molecule has 1 heterocycles. The fourth-order valence-electron chi connectivity index (χ4n) is 2.50. The van der Waals surface area contributed by atoms with Crippen LogP contribution in [-0.2, 0) is 0 Å². The molecule has 2 nitrogen and oxygen atoms in total. The minimum Gasteiger partial charge on any atom is -0.461 e. The van der Waals surface area contributed by atoms with Gasteiger partial charge in [-0.15, -0.1) is 0 Å². The van der Waals surface area contributed by atoms with Crippen LogP contribution in [0.2, 0.25) is 0 Å². The second-order valence-electron chi connectivity index (χ2n) is 4.32. The van der Waals surface area contributed by atoms with Crippen molar-refractivity contribution in [2.45, 2.75) is 13.8 Å². The largest absolute Gasteiger partial charge is 0.461 e. The van der Waals surface area contributed by atoms with E-state index in [0.717, 1.165) is 33.9 Å². The van der Waals surface area contributed by atoms with E-state index >= 15 is 0 Å². The summed E-state index contributed by atoms with van der Waals surface area (Å²) in [5.74, 6) is 1.53. The van der Waals surface area contributed by atoms with Crippen molar-refractivity contribution in [3.05, 3.63) is 47.2 Å². The van der Waals surface area contributed by atoms with E-state index in [4.69, 9.17) is 4.42 Å². The molecule has 1 aromatic rings. The van der Waals surface area contributed by atoms with Gasteiger partial charge in [0.15, 0.2) is 6.29 Å². The highest BCUT2D eigenvalue weighted by molar-refractivity contribution is 6.13. The molecule has 1 aliphatic heterocycles. The van der Waals surface area contributed by atoms with Crippen LogP contribution in [0.3, 0.4) is 0 Å². The fraction of sp³-hybridized carbons (Fsp3) is 0.133. The second-order valence-corrected chi connectivity index (χ2v) is 4.32. The Morgan fingerprint density at radius 2 is 1.82 bits per heavy atom. The smallest absolute Gasteiger partial charge is 0.154 e. The number of carbonyl (C=O) groups excluding carboxylic acids is 1. The zero-order valence-corrected chi connectivity index (χ0v) is 9.78. The van der Waals surface area contributed by atoms with Crippen molar-refractivity contribution in [3.8, 4) is 11.3 Å². The summed E-state index contributed by atoms with van der Waals surface area (Å²) in [6, 6.07) is 9.92. The SMILES string of the molecule is Cc1cc(C)c2c3ccccc3c(C=O)c-2o1. The molecule has 0 saturated carbocycles. The van der Waals surface area contributed by atoms with E-state index in [-0.39, 0.29) is 0 Å². The molecule has 0 atom stereocenters. The van der Waals surface area contributed by atoms with E-state index in [1.54, 1.807) is 0 Å². The van der Waals surface area contributed by atoms with Gasteiger partial charge in [-0.25, -0.2) is 0 Å². The number of hydrogen-bond donors (Lipinski definition) is 0. The lowest BCUT2D eigenvalue weighted by Gasteiger charge is -2.06. The van der Waals surface area contributed by atoms with Crippen molar-refractivity contribution < 1.29 is 9.21 Å². The molecule has 0 fully saturated rings. The summed E-state index contributed by atoms with van der Waals surface area (Å²) in [5, 5.41) is 2.06. The quantitative estimate of drug-likeness (QED) is 0.585. The van der Waals surface area contributed by atoms with Crippen molar-refractivity contribution in [2.24, 2.45) is 0 Å². The highest BCUT2D eigenvalue weighted by atomic mass is 16.3. The van der Waals surface area contributed by atoms with E-state index < -0.39 is 0 Å². The second kappa shape index (κ2) is 3.45. The molecule has 2 heteroatoms. The Morgan fingerprint density at radius 1 is 1.12 bits per heavy atom. The molecule has 3 rings (SSSR count). The summed E-state index contributed by atoms with van der Waals surface area (Å²) in [6.45, 7) is 3.95. The number of benzene rings is 1. The predicted octanol–water partition coefficient (Wildman–Crippen LogP) is 3.97. The van der Waals surface area contributed by atoms with Crippen molar-refractivity contribution in [1.82, 2.24) is 0 Å². The maximum atomic E-state index is 11.3. The lowest BCUT2D eigenvalue weighted by atomic mass is 10.1. The lowest BCUT2D eigenvalue weighted by molar-refractivity contribution is 0.112. The Bertz CT molecular complexity index is 692. The summed E-state index contributed by atoms with van der Waals surface area (Å²) in [7, 11) is 0. The summed E-state index contributed by atoms with van der Waals surface area (Å²) >= 11 is 0. The fourth-order valence-corrected chi connectivity index (χ4v) is 2.50. The third-order valence-electron chi connectivity index (χ3n) is 3.15. The first kappa shape index (κ1) is 10.1. The predicted molar refractivity (Wildman–Crippen MR) is 67.7 cm³/mol. The molecular weight excluding hydrogens is 212 g/mol. The van der Waals surface area contributed by atoms with Gasteiger partial charge >= 0.3 is 0 Å². The summed E-state index contributed by atoms with van der Waals surface area (Å²) in [6.07, 6.45) is 0.882. The first-order valence-electron chi connectivity index (χ1n) is 5.59. The molecule has 0 saturated heterocycles. The number of carbonyl (C=O) groups is 1. The summed E-state index contributed by atoms with van der Waals surface area (Å²) in [4.78, 5) is 11.3. The van der Waals surface area contributed by atoms with Crippen LogP contribution in [0.5, 0.6) is 0 Å². The normalized spacial score (nSPS) is 11.2. The van der Waals surface area contributed by atoms with Crippen molar-refractivity contribution in [1.29, 1.82) is 0 Å². The Balaban J connectivity index is 2.61. The van der Waals surface area contributed by atoms with Gasteiger partial charge in [0.2, 0.25) is 0 Å². The van der Waals surface area contributed by atoms with E-state index in [9.17, 15) is 4.79 Å². The molecule has 2 aliphatic rings. The Kier molecular flexibility index (Phi) is 2.05. The molecule has 84 valence electrons. The van der Waals surface area contributed by atoms with E-state index in [1.807, 2.05) is 44.2 Å². The zero-order valence-electron chi connectivity index (χ0n) is 9.78. The molecule has 0 unspecified atom stereocenters. The monoisotopic (exact) mass is 224 g/mol. The third kappa shape index (κ3) is 1.30. The van der Waals surface area contributed by atoms with Gasteiger partial charge in [0.1, 0.15) is 11.5 Å². The molecule has 1 aromatic carbocycles. The van der Waals surface area contributed by atoms with Crippen LogP contribution in [0.4, 0.5) is 0 Å². The molecule has 0 radical (unpaired) electrons. The third-order valence-corrected chi connectivity index (χ3v) is 3.15. The number of fused-ring (bicyclic) bond motifs is 3. The number of hydrogen-bond acceptors (Lipinski definition) is 2. The minimum absolute atomic E-state index is 0.655. The van der Waals surface area contributed by atoms with Crippen LogP contribution in [0.15, 0.2) is 34.7 Å². The molecule has 0 aromatic heterocycles. The van der Waals surface area contributed by atoms with Crippen molar-refractivity contribution >= 4 is 17.1 Å². The molecule has 0 spiro atoms. The van der Waals surface area contributed by atoms with Crippen molar-refractivity contribution in [3.63, 3.8) is 0 Å². The first-order chi connectivity index (χ1) is 8.22. The Hall–Kier alpha value is -2.09. The summed E-state index contributed by atoms with van der Waals surface area (Å²) < 4.78 is 5.72. The maximum absolute atomic E-state index is 11.3. The molecule has 17 heavy (non-hydrogen) atoms. The van der Waals surface area contributed by atoms with Gasteiger partial charge in [-0.2, -0.15) is 0 Å². The number of rotatable bonds is 1. The Morgan fingerprint density at radius 3 is 2.53 bits per heavy atom. The van der Waals surface area contributed by atoms with Gasteiger partial charge in [0.05, 0.1) is 5.56 Å². The van der Waals surface area contributed by atoms with E-state index in [1.165, 1.54) is 0 Å². The van der Waals surface area contributed by atoms with Crippen LogP contribution in [0.25, 0.3) is 22.1 Å². The summed E-state index contributed by atoms with van der Waals surface area (Å²) in [5.41, 5.74) is 2.85. The van der Waals surface area contributed by atoms with Crippen LogP contribution < -0.4 is 0 Å². The van der Waals surface area contributed by atoms with Gasteiger partial charge in [-0.1, -0.05) is 24.3 Å². The van der Waals surface area contributed by atoms with Gasteiger partial charge in [-0.3, -0.25) is 4.79 Å². The van der Waals surface area contributed by atoms with Gasteiger partial charge in [-0.05, 0) is 36.2 Å². The molecule has 0 N–H and O–H groups in total. The average molecular weight is 224 g/mol. The van der Waals surface area contributed by atoms with Crippen LogP contribution in [0, 0.1) is 13.8 Å². The zero-order chi connectivity index (χ0) is 12.0. The maximum Gasteiger partial charge on any atom is 0.154 e. The van der Waals surface area contributed by atoms with Crippen LogP contribution >= 0.6 is 0 Å². The molecule has 0 bridgehead atoms. The van der Waals surface area contributed by atoms with Gasteiger partial charge in [0, 0.05) is 5.56 Å². The lowest BCUT2D eigenvalue weighted by Crippen LogP contribution is -1.86. The highest BCUT2D eigenvalue weighted by Gasteiger charge is 2.21. The molecule has 1 aliphatic carbocycles. The van der Waals surface area contributed by atoms with E-state index in [2.05, 4.69) is 0 Å². The van der Waals surface area contributed by atoms with E-state index in [0.29, 0.717) is 11.3 Å². The Labute approximate surface area is 99.2 Å². The highest BCUT2D eigenvalue weighted by Crippen LogP contribution is 2.40. The minimum atomic E-state index is 0.655. The number of aryl methyl sites for hydroxylation is 2. The first-order valence-corrected chi connectivity index (χ1v) is 5.59.